The molecule has 0 aromatic heterocycles. The number of aryl methyl sites for hydroxylation is 2. The van der Waals surface area contributed by atoms with Crippen molar-refractivity contribution in [2.75, 3.05) is 26.5 Å². The summed E-state index contributed by atoms with van der Waals surface area (Å²) < 4.78 is 31.5. The lowest BCUT2D eigenvalue weighted by Crippen LogP contribution is -2.22. The molecule has 2 aromatic rings. The normalized spacial score (nSPS) is 11.7. The van der Waals surface area contributed by atoms with E-state index in [4.69, 9.17) is 4.74 Å². The quantitative estimate of drug-likeness (QED) is 0.653. The van der Waals surface area contributed by atoms with Crippen molar-refractivity contribution in [1.82, 2.24) is 4.31 Å². The van der Waals surface area contributed by atoms with Gasteiger partial charge in [-0.2, -0.15) is 11.8 Å². The largest absolute Gasteiger partial charge is 0.492 e. The fourth-order valence-corrected chi connectivity index (χ4v) is 4.16. The fraction of sp³-hybridized carbons (Fsp3) is 0.368. The third kappa shape index (κ3) is 5.23. The number of ether oxygens (including phenoxy) is 1. The van der Waals surface area contributed by atoms with Gasteiger partial charge in [0.15, 0.2) is 0 Å². The lowest BCUT2D eigenvalue weighted by molar-refractivity contribution is 0.339. The average molecular weight is 380 g/mol. The molecule has 6 heteroatoms. The fourth-order valence-electron chi connectivity index (χ4n) is 2.43. The molecule has 4 nitrogen and oxygen atoms in total. The summed E-state index contributed by atoms with van der Waals surface area (Å²) in [5.74, 6) is 2.56. The Hall–Kier alpha value is -1.50. The van der Waals surface area contributed by atoms with E-state index in [1.54, 1.807) is 44.1 Å². The molecule has 0 aliphatic rings. The van der Waals surface area contributed by atoms with E-state index in [0.717, 1.165) is 33.9 Å². The van der Waals surface area contributed by atoms with Gasteiger partial charge in [0.2, 0.25) is 10.0 Å². The minimum Gasteiger partial charge on any atom is -0.492 e. The summed E-state index contributed by atoms with van der Waals surface area (Å²) in [6.07, 6.45) is 0. The molecule has 0 fully saturated rings. The minimum atomic E-state index is -3.38. The molecule has 136 valence electrons. The van der Waals surface area contributed by atoms with Gasteiger partial charge in [0.05, 0.1) is 11.5 Å². The molecule has 2 aromatic carbocycles. The number of nitrogens with zero attached hydrogens (tertiary/aromatic N) is 1. The Bertz CT molecular complexity index is 797. The summed E-state index contributed by atoms with van der Waals surface area (Å²) in [5.41, 5.74) is 3.29. The van der Waals surface area contributed by atoms with E-state index in [2.05, 4.69) is 0 Å². The van der Waals surface area contributed by atoms with E-state index in [1.807, 2.05) is 38.1 Å². The van der Waals surface area contributed by atoms with Crippen molar-refractivity contribution < 1.29 is 13.2 Å². The van der Waals surface area contributed by atoms with Crippen LogP contribution in [0.25, 0.3) is 0 Å². The van der Waals surface area contributed by atoms with Crippen LogP contribution in [0.4, 0.5) is 0 Å². The number of para-hydroxylation sites is 1. The molecule has 2 rings (SSSR count). The molecule has 0 bridgehead atoms. The van der Waals surface area contributed by atoms with Crippen molar-refractivity contribution in [3.8, 4) is 5.75 Å². The summed E-state index contributed by atoms with van der Waals surface area (Å²) in [5, 5.41) is 0. The summed E-state index contributed by atoms with van der Waals surface area (Å²) >= 11 is 1.73. The Morgan fingerprint density at radius 1 is 1.04 bits per heavy atom. The van der Waals surface area contributed by atoms with Crippen molar-refractivity contribution in [1.29, 1.82) is 0 Å². The van der Waals surface area contributed by atoms with Crippen LogP contribution in [0.5, 0.6) is 5.75 Å². The van der Waals surface area contributed by atoms with Crippen LogP contribution in [0.1, 0.15) is 16.7 Å². The highest BCUT2D eigenvalue weighted by molar-refractivity contribution is 7.98. The Morgan fingerprint density at radius 3 is 2.32 bits per heavy atom. The smallest absolute Gasteiger partial charge is 0.242 e. The van der Waals surface area contributed by atoms with Crippen molar-refractivity contribution in [2.45, 2.75) is 24.5 Å². The number of sulfonamides is 1. The second kappa shape index (κ2) is 8.74. The Labute approximate surface area is 155 Å². The van der Waals surface area contributed by atoms with Crippen LogP contribution in [0.2, 0.25) is 0 Å². The monoisotopic (exact) mass is 379 g/mol. The molecule has 0 spiro atoms. The molecule has 0 amide bonds. The molecule has 0 aliphatic heterocycles. The second-order valence-corrected chi connectivity index (χ2v) is 9.31. The van der Waals surface area contributed by atoms with E-state index in [0.29, 0.717) is 11.5 Å². The molecule has 0 radical (unpaired) electrons. The van der Waals surface area contributed by atoms with Gasteiger partial charge in [-0.25, -0.2) is 12.7 Å². The molecule has 0 saturated carbocycles. The van der Waals surface area contributed by atoms with Crippen LogP contribution < -0.4 is 4.74 Å². The van der Waals surface area contributed by atoms with Crippen molar-refractivity contribution >= 4 is 21.8 Å². The van der Waals surface area contributed by atoms with E-state index in [1.165, 1.54) is 4.31 Å². The number of hydrogen-bond donors (Lipinski definition) is 0. The minimum absolute atomic E-state index is 0.336. The second-order valence-electron chi connectivity index (χ2n) is 6.06. The topological polar surface area (TPSA) is 46.6 Å². The maximum atomic E-state index is 12.2. The van der Waals surface area contributed by atoms with Crippen LogP contribution in [-0.4, -0.2) is 39.2 Å². The highest BCUT2D eigenvalue weighted by Crippen LogP contribution is 2.23. The van der Waals surface area contributed by atoms with Crippen molar-refractivity contribution in [2.24, 2.45) is 0 Å². The van der Waals surface area contributed by atoms with Gasteiger partial charge in [0.1, 0.15) is 5.75 Å². The van der Waals surface area contributed by atoms with Crippen LogP contribution in [0.3, 0.4) is 0 Å². The zero-order valence-electron chi connectivity index (χ0n) is 15.2. The maximum Gasteiger partial charge on any atom is 0.242 e. The first-order chi connectivity index (χ1) is 11.8. The molecule has 0 unspecified atom stereocenters. The van der Waals surface area contributed by atoms with Gasteiger partial charge in [-0.15, -0.1) is 0 Å². The molecular weight excluding hydrogens is 354 g/mol. The standard InChI is InChI=1S/C19H25NO3S2/c1-15-7-5-8-16(2)19(15)23-11-12-24-14-17-9-6-10-18(13-17)25(21,22)20(3)4/h5-10,13H,11-12,14H2,1-4H3. The highest BCUT2D eigenvalue weighted by Gasteiger charge is 2.17. The number of thioether (sulfide) groups is 1. The SMILES string of the molecule is Cc1cccc(C)c1OCCSCc1cccc(S(=O)(=O)N(C)C)c1. The van der Waals surface area contributed by atoms with Crippen LogP contribution in [-0.2, 0) is 15.8 Å². The molecule has 0 heterocycles. The van der Waals surface area contributed by atoms with Crippen LogP contribution >= 0.6 is 11.8 Å². The van der Waals surface area contributed by atoms with E-state index in [-0.39, 0.29) is 0 Å². The summed E-state index contributed by atoms with van der Waals surface area (Å²) in [4.78, 5) is 0.336. The zero-order valence-corrected chi connectivity index (χ0v) is 16.8. The van der Waals surface area contributed by atoms with Gasteiger partial charge in [0, 0.05) is 25.6 Å². The Kier molecular flexibility index (Phi) is 6.93. The number of hydrogen-bond acceptors (Lipinski definition) is 4. The first kappa shape index (κ1) is 19.8. The summed E-state index contributed by atoms with van der Waals surface area (Å²) in [6.45, 7) is 4.73. The van der Waals surface area contributed by atoms with Gasteiger partial charge in [-0.1, -0.05) is 30.3 Å². The summed E-state index contributed by atoms with van der Waals surface area (Å²) in [6, 6.07) is 13.2. The van der Waals surface area contributed by atoms with Gasteiger partial charge < -0.3 is 4.74 Å². The molecular formula is C19H25NO3S2. The first-order valence-corrected chi connectivity index (χ1v) is 10.7. The summed E-state index contributed by atoms with van der Waals surface area (Å²) in [7, 11) is -0.294. The molecule has 0 N–H and O–H groups in total. The lowest BCUT2D eigenvalue weighted by atomic mass is 10.1. The van der Waals surface area contributed by atoms with E-state index < -0.39 is 10.0 Å². The van der Waals surface area contributed by atoms with Crippen LogP contribution in [0.15, 0.2) is 47.4 Å². The Balaban J connectivity index is 1.87. The predicted molar refractivity (Wildman–Crippen MR) is 105 cm³/mol. The number of benzene rings is 2. The van der Waals surface area contributed by atoms with E-state index in [9.17, 15) is 8.42 Å². The van der Waals surface area contributed by atoms with Crippen LogP contribution in [0, 0.1) is 13.8 Å². The van der Waals surface area contributed by atoms with E-state index >= 15 is 0 Å². The number of rotatable bonds is 8. The van der Waals surface area contributed by atoms with Crippen molar-refractivity contribution in [3.63, 3.8) is 0 Å². The molecule has 0 aliphatic carbocycles. The molecule has 0 atom stereocenters. The van der Waals surface area contributed by atoms with Gasteiger partial charge in [-0.05, 0) is 42.7 Å². The predicted octanol–water partition coefficient (Wildman–Crippen LogP) is 3.87. The third-order valence-electron chi connectivity index (χ3n) is 3.83. The zero-order chi connectivity index (χ0) is 18.4. The molecule has 25 heavy (non-hydrogen) atoms. The Morgan fingerprint density at radius 2 is 1.68 bits per heavy atom. The average Bonchev–Trinajstić information content (AvgIpc) is 2.57. The van der Waals surface area contributed by atoms with Gasteiger partial charge >= 0.3 is 0 Å². The van der Waals surface area contributed by atoms with Crippen molar-refractivity contribution in [3.05, 3.63) is 59.2 Å². The maximum absolute atomic E-state index is 12.2. The first-order valence-electron chi connectivity index (χ1n) is 8.10. The molecule has 0 saturated heterocycles. The third-order valence-corrected chi connectivity index (χ3v) is 6.63. The van der Waals surface area contributed by atoms with Gasteiger partial charge in [-0.3, -0.25) is 0 Å². The lowest BCUT2D eigenvalue weighted by Gasteiger charge is -2.13. The van der Waals surface area contributed by atoms with Gasteiger partial charge in [0.25, 0.3) is 0 Å². The highest BCUT2D eigenvalue weighted by atomic mass is 32.2.